The van der Waals surface area contributed by atoms with E-state index in [0.29, 0.717) is 15.8 Å². The summed E-state index contributed by atoms with van der Waals surface area (Å²) in [5, 5.41) is 0.869. The molecular weight excluding hydrogens is 332 g/mol. The van der Waals surface area contributed by atoms with Crippen molar-refractivity contribution in [2.24, 2.45) is 5.73 Å². The highest BCUT2D eigenvalue weighted by molar-refractivity contribution is 7.98. The van der Waals surface area contributed by atoms with Crippen molar-refractivity contribution in [1.29, 1.82) is 0 Å². The van der Waals surface area contributed by atoms with E-state index in [9.17, 15) is 9.59 Å². The van der Waals surface area contributed by atoms with Gasteiger partial charge in [-0.3, -0.25) is 9.59 Å². The number of aromatic amines is 1. The van der Waals surface area contributed by atoms with Gasteiger partial charge < -0.3 is 15.5 Å². The average molecular weight is 350 g/mol. The minimum Gasteiger partial charge on any atom is -0.469 e. The summed E-state index contributed by atoms with van der Waals surface area (Å²) < 4.78 is 5.38. The largest absolute Gasteiger partial charge is 0.469 e. The summed E-state index contributed by atoms with van der Waals surface area (Å²) in [5.74, 6) is -1.48. The highest BCUT2D eigenvalue weighted by Gasteiger charge is 2.23. The predicted octanol–water partition coefficient (Wildman–Crippen LogP) is 2.92. The quantitative estimate of drug-likeness (QED) is 0.492. The number of carbonyl (C=O) groups is 2. The third kappa shape index (κ3) is 3.40. The van der Waals surface area contributed by atoms with Crippen LogP contribution >= 0.6 is 24.0 Å². The maximum Gasteiger partial charge on any atom is 0.312 e. The summed E-state index contributed by atoms with van der Waals surface area (Å²) in [6, 6.07) is 5.77. The van der Waals surface area contributed by atoms with Crippen molar-refractivity contribution in [3.05, 3.63) is 34.0 Å². The fourth-order valence-electron chi connectivity index (χ4n) is 2.61. The van der Waals surface area contributed by atoms with Crippen LogP contribution in [-0.4, -0.2) is 30.2 Å². The molecule has 0 bridgehead atoms. The Morgan fingerprint density at radius 3 is 2.70 bits per heavy atom. The molecule has 7 heteroatoms. The van der Waals surface area contributed by atoms with E-state index in [4.69, 9.17) is 22.7 Å². The molecule has 23 heavy (non-hydrogen) atoms. The van der Waals surface area contributed by atoms with Crippen LogP contribution in [0.3, 0.4) is 0 Å². The van der Waals surface area contributed by atoms with Crippen molar-refractivity contribution in [3.63, 3.8) is 0 Å². The number of hydrogen-bond donors (Lipinski definition) is 2. The number of rotatable bonds is 5. The first kappa shape index (κ1) is 17.5. The van der Waals surface area contributed by atoms with Crippen LogP contribution in [0.1, 0.15) is 24.1 Å². The van der Waals surface area contributed by atoms with Gasteiger partial charge in [0, 0.05) is 27.1 Å². The van der Waals surface area contributed by atoms with E-state index in [-0.39, 0.29) is 6.42 Å². The number of nitrogens with one attached hydrogen (secondary N) is 1. The maximum atomic E-state index is 12.0. The molecule has 1 amide bonds. The van der Waals surface area contributed by atoms with E-state index in [1.165, 1.54) is 7.11 Å². The minimum atomic E-state index is -0.586. The van der Waals surface area contributed by atoms with Crippen molar-refractivity contribution >= 4 is 46.8 Å². The number of ether oxygens (including phenoxy) is 1. The summed E-state index contributed by atoms with van der Waals surface area (Å²) in [6.45, 7) is 1.71. The van der Waals surface area contributed by atoms with Crippen molar-refractivity contribution in [2.45, 2.75) is 24.2 Å². The summed E-state index contributed by atoms with van der Waals surface area (Å²) in [5.41, 5.74) is 7.32. The Labute approximate surface area is 143 Å². The second-order valence-electron chi connectivity index (χ2n) is 5.12. The number of hydrogen-bond acceptors (Lipinski definition) is 5. The lowest BCUT2D eigenvalue weighted by molar-refractivity contribution is -0.142. The second kappa shape index (κ2) is 7.14. The number of esters is 1. The van der Waals surface area contributed by atoms with Crippen LogP contribution < -0.4 is 5.73 Å². The third-order valence-corrected chi connectivity index (χ3v) is 4.87. The average Bonchev–Trinajstić information content (AvgIpc) is 2.52. The van der Waals surface area contributed by atoms with Crippen LogP contribution in [-0.2, 0) is 20.7 Å². The van der Waals surface area contributed by atoms with E-state index < -0.39 is 17.8 Å². The van der Waals surface area contributed by atoms with Gasteiger partial charge in [0.1, 0.15) is 0 Å². The molecule has 0 aliphatic carbocycles. The number of benzene rings is 1. The van der Waals surface area contributed by atoms with Gasteiger partial charge in [-0.1, -0.05) is 18.3 Å². The zero-order valence-corrected chi connectivity index (χ0v) is 14.8. The number of aromatic nitrogens is 1. The SMILES string of the molecule is COC(=O)C(C)c1c(CC(N)=O)[nH]c2cccc(SC)c2c1=S. The highest BCUT2D eigenvalue weighted by Crippen LogP contribution is 2.32. The summed E-state index contributed by atoms with van der Waals surface area (Å²) in [6.07, 6.45) is 1.95. The Morgan fingerprint density at radius 2 is 2.13 bits per heavy atom. The van der Waals surface area contributed by atoms with Gasteiger partial charge in [0.05, 0.1) is 24.0 Å². The van der Waals surface area contributed by atoms with Gasteiger partial charge in [-0.2, -0.15) is 0 Å². The molecule has 1 aromatic heterocycles. The van der Waals surface area contributed by atoms with Crippen molar-refractivity contribution in [1.82, 2.24) is 4.98 Å². The first-order chi connectivity index (χ1) is 10.9. The monoisotopic (exact) mass is 350 g/mol. The third-order valence-electron chi connectivity index (χ3n) is 3.67. The molecule has 1 atom stereocenters. The maximum absolute atomic E-state index is 12.0. The molecule has 0 fully saturated rings. The molecule has 2 rings (SSSR count). The molecule has 122 valence electrons. The summed E-state index contributed by atoms with van der Waals surface area (Å²) >= 11 is 7.21. The molecule has 3 N–H and O–H groups in total. The Bertz CT molecular complexity index is 830. The number of methoxy groups -OCH3 is 1. The van der Waals surface area contributed by atoms with Crippen LogP contribution in [0.2, 0.25) is 0 Å². The van der Waals surface area contributed by atoms with Gasteiger partial charge in [-0.05, 0) is 25.3 Å². The molecule has 0 spiro atoms. The zero-order chi connectivity index (χ0) is 17.1. The van der Waals surface area contributed by atoms with E-state index >= 15 is 0 Å². The van der Waals surface area contributed by atoms with E-state index in [0.717, 1.165) is 15.8 Å². The van der Waals surface area contributed by atoms with Gasteiger partial charge in [0.2, 0.25) is 5.91 Å². The molecule has 1 aromatic carbocycles. The molecule has 5 nitrogen and oxygen atoms in total. The molecule has 0 aliphatic heterocycles. The molecule has 0 saturated heterocycles. The second-order valence-corrected chi connectivity index (χ2v) is 6.37. The Balaban J connectivity index is 2.84. The van der Waals surface area contributed by atoms with Crippen LogP contribution in [0.4, 0.5) is 0 Å². The summed E-state index contributed by atoms with van der Waals surface area (Å²) in [7, 11) is 1.33. The number of H-pyrrole nitrogens is 1. The molecule has 0 radical (unpaired) electrons. The lowest BCUT2D eigenvalue weighted by Gasteiger charge is -2.17. The van der Waals surface area contributed by atoms with Crippen molar-refractivity contribution in [2.75, 3.05) is 13.4 Å². The Kier molecular flexibility index (Phi) is 5.43. The van der Waals surface area contributed by atoms with Crippen molar-refractivity contribution < 1.29 is 14.3 Å². The van der Waals surface area contributed by atoms with E-state index in [2.05, 4.69) is 4.98 Å². The first-order valence-corrected chi connectivity index (χ1v) is 8.61. The summed E-state index contributed by atoms with van der Waals surface area (Å²) in [4.78, 5) is 27.6. The number of pyridine rings is 1. The fourth-order valence-corrected chi connectivity index (χ4v) is 3.82. The Hall–Kier alpha value is -1.86. The highest BCUT2D eigenvalue weighted by atomic mass is 32.2. The van der Waals surface area contributed by atoms with E-state index in [1.807, 2.05) is 24.5 Å². The first-order valence-electron chi connectivity index (χ1n) is 6.98. The van der Waals surface area contributed by atoms with Gasteiger partial charge in [-0.25, -0.2) is 0 Å². The standard InChI is InChI=1S/C16H18N2O3S2/c1-8(16(20)21-2)13-10(7-12(17)19)18-9-5-4-6-11(23-3)14(9)15(13)22/h4-6,8H,7H2,1-3H3,(H2,17,19)(H,18,22). The minimum absolute atomic E-state index is 0.0141. The Morgan fingerprint density at radius 1 is 1.43 bits per heavy atom. The van der Waals surface area contributed by atoms with Crippen LogP contribution in [0.5, 0.6) is 0 Å². The molecule has 1 unspecified atom stereocenters. The predicted molar refractivity (Wildman–Crippen MR) is 94.2 cm³/mol. The topological polar surface area (TPSA) is 85.2 Å². The molecule has 0 saturated carbocycles. The number of fused-ring (bicyclic) bond motifs is 1. The molecular formula is C16H18N2O3S2. The number of amides is 1. The van der Waals surface area contributed by atoms with Crippen LogP contribution in [0.15, 0.2) is 23.1 Å². The fraction of sp³-hybridized carbons (Fsp3) is 0.312. The number of thioether (sulfide) groups is 1. The van der Waals surface area contributed by atoms with Gasteiger partial charge in [0.15, 0.2) is 0 Å². The lowest BCUT2D eigenvalue weighted by Crippen LogP contribution is -2.20. The van der Waals surface area contributed by atoms with Crippen LogP contribution in [0.25, 0.3) is 10.9 Å². The number of carbonyl (C=O) groups excluding carboxylic acids is 2. The molecule has 0 aliphatic rings. The van der Waals surface area contributed by atoms with Gasteiger partial charge in [0.25, 0.3) is 0 Å². The van der Waals surface area contributed by atoms with E-state index in [1.54, 1.807) is 18.7 Å². The smallest absolute Gasteiger partial charge is 0.312 e. The van der Waals surface area contributed by atoms with Gasteiger partial charge in [-0.15, -0.1) is 11.8 Å². The van der Waals surface area contributed by atoms with Gasteiger partial charge >= 0.3 is 5.97 Å². The van der Waals surface area contributed by atoms with Crippen molar-refractivity contribution in [3.8, 4) is 0 Å². The molecule has 1 heterocycles. The zero-order valence-electron chi connectivity index (χ0n) is 13.1. The number of nitrogens with two attached hydrogens (primary N) is 1. The number of primary amides is 1. The lowest BCUT2D eigenvalue weighted by atomic mass is 9.95. The normalized spacial score (nSPS) is 12.1. The van der Waals surface area contributed by atoms with Crippen LogP contribution in [0, 0.1) is 4.51 Å². The molecule has 2 aromatic rings.